The smallest absolute Gasteiger partial charge is 0.255 e. The molecule has 0 aromatic heterocycles. The topological polar surface area (TPSA) is 99.0 Å². The van der Waals surface area contributed by atoms with Crippen LogP contribution < -0.4 is 10.1 Å². The number of aliphatic hydroxyl groups is 3. The number of benzene rings is 1. The molecule has 1 aliphatic rings. The van der Waals surface area contributed by atoms with E-state index in [1.165, 1.54) is 0 Å². The number of nitrogens with one attached hydrogen (secondary N) is 1. The number of fused-ring (bicyclic) bond motifs is 1. The Hall–Kier alpha value is -1.63. The van der Waals surface area contributed by atoms with Gasteiger partial charge in [0.25, 0.3) is 5.91 Å². The lowest BCUT2D eigenvalue weighted by molar-refractivity contribution is 0.0373. The van der Waals surface area contributed by atoms with Gasteiger partial charge in [0.2, 0.25) is 0 Å². The molecule has 0 saturated carbocycles. The van der Waals surface area contributed by atoms with Gasteiger partial charge in [0, 0.05) is 11.5 Å². The molecule has 0 bridgehead atoms. The highest BCUT2D eigenvalue weighted by atomic mass is 16.5. The quantitative estimate of drug-likeness (QED) is 0.613. The molecule has 6 nitrogen and oxygen atoms in total. The van der Waals surface area contributed by atoms with Crippen LogP contribution in [0.25, 0.3) is 0 Å². The number of carbonyl (C=O) groups excluding carboxylic acids is 1. The molecule has 2 rings (SSSR count). The number of aliphatic hydroxyl groups excluding tert-OH is 3. The van der Waals surface area contributed by atoms with Crippen molar-refractivity contribution in [3.8, 4) is 5.75 Å². The third kappa shape index (κ3) is 2.74. The van der Waals surface area contributed by atoms with Crippen molar-refractivity contribution in [1.29, 1.82) is 0 Å². The van der Waals surface area contributed by atoms with E-state index in [1.807, 2.05) is 19.9 Å². The fourth-order valence-corrected chi connectivity index (χ4v) is 2.34. The molecular formula is C15H21NO5. The van der Waals surface area contributed by atoms with Crippen molar-refractivity contribution in [2.75, 3.05) is 19.8 Å². The third-order valence-corrected chi connectivity index (χ3v) is 4.08. The summed E-state index contributed by atoms with van der Waals surface area (Å²) < 4.78 is 5.74. The van der Waals surface area contributed by atoms with Gasteiger partial charge in [-0.05, 0) is 13.0 Å². The average molecular weight is 295 g/mol. The molecule has 0 aliphatic carbocycles. The first-order chi connectivity index (χ1) is 9.98. The maximum absolute atomic E-state index is 12.4. The van der Waals surface area contributed by atoms with E-state index in [0.717, 1.165) is 5.56 Å². The van der Waals surface area contributed by atoms with Crippen LogP contribution in [0, 0.1) is 0 Å². The van der Waals surface area contributed by atoms with Crippen LogP contribution in [0.1, 0.15) is 35.7 Å². The molecule has 1 heterocycles. The van der Waals surface area contributed by atoms with E-state index in [9.17, 15) is 20.1 Å². The summed E-state index contributed by atoms with van der Waals surface area (Å²) in [5.41, 5.74) is -0.156. The Morgan fingerprint density at radius 2 is 1.86 bits per heavy atom. The first-order valence-electron chi connectivity index (χ1n) is 6.92. The fourth-order valence-electron chi connectivity index (χ4n) is 2.34. The summed E-state index contributed by atoms with van der Waals surface area (Å²) in [7, 11) is 0. The number of rotatable bonds is 5. The monoisotopic (exact) mass is 295 g/mol. The first-order valence-corrected chi connectivity index (χ1v) is 6.92. The van der Waals surface area contributed by atoms with Crippen LogP contribution in [-0.2, 0) is 0 Å². The predicted octanol–water partition coefficient (Wildman–Crippen LogP) is 0.0165. The van der Waals surface area contributed by atoms with E-state index in [-0.39, 0.29) is 12.0 Å². The highest BCUT2D eigenvalue weighted by Crippen LogP contribution is 2.40. The van der Waals surface area contributed by atoms with Crippen molar-refractivity contribution in [1.82, 2.24) is 5.32 Å². The second-order valence-electron chi connectivity index (χ2n) is 5.54. The summed E-state index contributed by atoms with van der Waals surface area (Å²) in [4.78, 5) is 12.4. The minimum Gasteiger partial charge on any atom is -0.489 e. The van der Waals surface area contributed by atoms with Gasteiger partial charge in [0.1, 0.15) is 17.4 Å². The van der Waals surface area contributed by atoms with Crippen molar-refractivity contribution >= 4 is 5.91 Å². The Morgan fingerprint density at radius 1 is 1.24 bits per heavy atom. The minimum absolute atomic E-state index is 0.0211. The number of amides is 1. The first kappa shape index (κ1) is 15.8. The normalized spacial score (nSPS) is 20.8. The Balaban J connectivity index is 2.30. The lowest BCUT2D eigenvalue weighted by atomic mass is 9.96. The lowest BCUT2D eigenvalue weighted by Gasteiger charge is -2.28. The van der Waals surface area contributed by atoms with Crippen molar-refractivity contribution < 1.29 is 24.9 Å². The molecule has 1 aromatic carbocycles. The fraction of sp³-hybridized carbons (Fsp3) is 0.533. The number of para-hydroxylation sites is 1. The van der Waals surface area contributed by atoms with E-state index in [4.69, 9.17) is 4.74 Å². The zero-order valence-corrected chi connectivity index (χ0v) is 12.2. The van der Waals surface area contributed by atoms with Crippen LogP contribution >= 0.6 is 0 Å². The molecule has 6 heteroatoms. The van der Waals surface area contributed by atoms with Crippen molar-refractivity contribution in [3.05, 3.63) is 29.3 Å². The van der Waals surface area contributed by atoms with Crippen molar-refractivity contribution in [2.24, 2.45) is 0 Å². The summed E-state index contributed by atoms with van der Waals surface area (Å²) in [6, 6.07) is 5.30. The molecule has 0 saturated heterocycles. The van der Waals surface area contributed by atoms with Crippen LogP contribution in [-0.4, -0.2) is 52.7 Å². The second-order valence-corrected chi connectivity index (χ2v) is 5.54. The summed E-state index contributed by atoms with van der Waals surface area (Å²) in [5, 5.41) is 30.3. The largest absolute Gasteiger partial charge is 0.489 e. The predicted molar refractivity (Wildman–Crippen MR) is 76.4 cm³/mol. The zero-order valence-electron chi connectivity index (χ0n) is 12.2. The minimum atomic E-state index is -1.45. The van der Waals surface area contributed by atoms with E-state index < -0.39 is 31.3 Å². The Kier molecular flexibility index (Phi) is 4.51. The Morgan fingerprint density at radius 3 is 2.43 bits per heavy atom. The molecule has 21 heavy (non-hydrogen) atoms. The standard InChI is InChI=1S/C15H21NO5/c1-9-10(2)21-13-11(9)4-3-5-12(13)14(20)16-15(6-17,7-18)8-19/h3-5,9-10,17-19H,6-8H2,1-2H3,(H,16,20). The van der Waals surface area contributed by atoms with Gasteiger partial charge >= 0.3 is 0 Å². The molecule has 0 radical (unpaired) electrons. The van der Waals surface area contributed by atoms with Crippen LogP contribution in [0.3, 0.4) is 0 Å². The van der Waals surface area contributed by atoms with Crippen molar-refractivity contribution in [3.63, 3.8) is 0 Å². The molecule has 0 fully saturated rings. The van der Waals surface area contributed by atoms with Crippen molar-refractivity contribution in [2.45, 2.75) is 31.4 Å². The maximum atomic E-state index is 12.4. The van der Waals surface area contributed by atoms with Gasteiger partial charge in [-0.15, -0.1) is 0 Å². The third-order valence-electron chi connectivity index (χ3n) is 4.08. The molecule has 1 amide bonds. The molecule has 116 valence electrons. The van der Waals surface area contributed by atoms with Crippen LogP contribution in [0.15, 0.2) is 18.2 Å². The van der Waals surface area contributed by atoms with Gasteiger partial charge in [-0.3, -0.25) is 4.79 Å². The van der Waals surface area contributed by atoms with Crippen LogP contribution in [0.4, 0.5) is 0 Å². The van der Waals surface area contributed by atoms with Gasteiger partial charge in [-0.1, -0.05) is 19.1 Å². The SMILES string of the molecule is CC1Oc2c(C(=O)NC(CO)(CO)CO)cccc2C1C. The molecule has 4 N–H and O–H groups in total. The number of hydrogen-bond acceptors (Lipinski definition) is 5. The summed E-state index contributed by atoms with van der Waals surface area (Å²) in [5.74, 6) is 0.217. The average Bonchev–Trinajstić information content (AvgIpc) is 2.80. The van der Waals surface area contributed by atoms with Crippen LogP contribution in [0.2, 0.25) is 0 Å². The highest BCUT2D eigenvalue weighted by Gasteiger charge is 2.34. The van der Waals surface area contributed by atoms with E-state index in [0.29, 0.717) is 11.3 Å². The Bertz CT molecular complexity index is 519. The highest BCUT2D eigenvalue weighted by molar-refractivity contribution is 5.98. The number of hydrogen-bond donors (Lipinski definition) is 4. The maximum Gasteiger partial charge on any atom is 0.255 e. The van der Waals surface area contributed by atoms with Gasteiger partial charge < -0.3 is 25.4 Å². The molecule has 2 unspecified atom stereocenters. The van der Waals surface area contributed by atoms with Gasteiger partial charge in [0.05, 0.1) is 25.4 Å². The number of carbonyl (C=O) groups is 1. The number of ether oxygens (including phenoxy) is 1. The lowest BCUT2D eigenvalue weighted by Crippen LogP contribution is -2.57. The molecular weight excluding hydrogens is 274 g/mol. The van der Waals surface area contributed by atoms with E-state index >= 15 is 0 Å². The Labute approximate surface area is 123 Å². The molecule has 1 aliphatic heterocycles. The van der Waals surface area contributed by atoms with E-state index in [2.05, 4.69) is 5.32 Å². The summed E-state index contributed by atoms with van der Waals surface area (Å²) in [6.07, 6.45) is -0.0211. The second kappa shape index (κ2) is 6.01. The van der Waals surface area contributed by atoms with Gasteiger partial charge in [-0.2, -0.15) is 0 Å². The van der Waals surface area contributed by atoms with Gasteiger partial charge in [0.15, 0.2) is 0 Å². The summed E-state index contributed by atoms with van der Waals surface area (Å²) in [6.45, 7) is 2.28. The molecule has 0 spiro atoms. The van der Waals surface area contributed by atoms with Crippen LogP contribution in [0.5, 0.6) is 5.75 Å². The zero-order chi connectivity index (χ0) is 15.6. The summed E-state index contributed by atoms with van der Waals surface area (Å²) >= 11 is 0. The molecule has 2 atom stereocenters. The van der Waals surface area contributed by atoms with Gasteiger partial charge in [-0.25, -0.2) is 0 Å². The molecule has 1 aromatic rings. The van der Waals surface area contributed by atoms with E-state index in [1.54, 1.807) is 12.1 Å².